The number of rotatable bonds is 3. The molecule has 0 saturated carbocycles. The third-order valence-corrected chi connectivity index (χ3v) is 4.93. The summed E-state index contributed by atoms with van der Waals surface area (Å²) in [5.41, 5.74) is 0.0580. The van der Waals surface area contributed by atoms with E-state index in [1.807, 2.05) is 0 Å². The predicted octanol–water partition coefficient (Wildman–Crippen LogP) is 2.65. The maximum Gasteiger partial charge on any atom is 0.232 e. The van der Waals surface area contributed by atoms with Crippen LogP contribution in [0.4, 0.5) is 14.5 Å². The van der Waals surface area contributed by atoms with Gasteiger partial charge in [-0.1, -0.05) is 0 Å². The van der Waals surface area contributed by atoms with Gasteiger partial charge in [-0.05, 0) is 28.1 Å². The molecule has 1 atom stereocenters. The van der Waals surface area contributed by atoms with Gasteiger partial charge in [-0.2, -0.15) is 0 Å². The van der Waals surface area contributed by atoms with Crippen LogP contribution in [-0.4, -0.2) is 26.6 Å². The Hall–Kier alpha value is -0.730. The molecule has 1 unspecified atom stereocenters. The average molecular weight is 389 g/mol. The van der Waals surface area contributed by atoms with Gasteiger partial charge < -0.3 is 4.90 Å². The van der Waals surface area contributed by atoms with Gasteiger partial charge in [-0.25, -0.2) is 17.2 Å². The monoisotopic (exact) mass is 387 g/mol. The Kier molecular flexibility index (Phi) is 4.36. The Morgan fingerprint density at radius 2 is 1.90 bits per heavy atom. The number of amides is 1. The third-order valence-electron chi connectivity index (χ3n) is 2.92. The molecule has 20 heavy (non-hydrogen) atoms. The molecule has 9 heteroatoms. The van der Waals surface area contributed by atoms with E-state index in [1.54, 1.807) is 0 Å². The van der Waals surface area contributed by atoms with Gasteiger partial charge in [0, 0.05) is 35.3 Å². The molecule has 1 amide bonds. The van der Waals surface area contributed by atoms with Crippen molar-refractivity contribution in [3.8, 4) is 0 Å². The Morgan fingerprint density at radius 3 is 2.40 bits per heavy atom. The lowest BCUT2D eigenvalue weighted by Gasteiger charge is -2.17. The van der Waals surface area contributed by atoms with Crippen LogP contribution >= 0.6 is 26.6 Å². The molecule has 2 rings (SSSR count). The lowest BCUT2D eigenvalue weighted by Crippen LogP contribution is -2.25. The minimum atomic E-state index is -3.72. The summed E-state index contributed by atoms with van der Waals surface area (Å²) in [4.78, 5) is 13.0. The fraction of sp³-hybridized carbons (Fsp3) is 0.364. The summed E-state index contributed by atoms with van der Waals surface area (Å²) in [5, 5.41) is 0. The Bertz CT molecular complexity index is 645. The maximum atomic E-state index is 13.4. The summed E-state index contributed by atoms with van der Waals surface area (Å²) in [7, 11) is 1.42. The van der Waals surface area contributed by atoms with Gasteiger partial charge in [-0.3, -0.25) is 4.79 Å². The van der Waals surface area contributed by atoms with Crippen LogP contribution in [0.5, 0.6) is 0 Å². The summed E-state index contributed by atoms with van der Waals surface area (Å²) < 4.78 is 48.6. The van der Waals surface area contributed by atoms with Crippen LogP contribution in [0, 0.1) is 17.6 Å². The second-order valence-corrected chi connectivity index (χ2v) is 8.12. The van der Waals surface area contributed by atoms with E-state index in [0.717, 1.165) is 17.0 Å². The Labute approximate surface area is 127 Å². The minimum Gasteiger partial charge on any atom is -0.312 e. The molecular formula is C11H9BrClF2NO3S. The van der Waals surface area contributed by atoms with Crippen LogP contribution in [0.15, 0.2) is 16.6 Å². The molecule has 1 aromatic rings. The number of carbonyl (C=O) groups excluding carboxylic acids is 1. The summed E-state index contributed by atoms with van der Waals surface area (Å²) >= 11 is 2.74. The summed E-state index contributed by atoms with van der Waals surface area (Å²) in [6, 6.07) is 2.03. The molecule has 1 aliphatic heterocycles. The van der Waals surface area contributed by atoms with Crippen molar-refractivity contribution in [1.29, 1.82) is 0 Å². The molecule has 0 aromatic heterocycles. The number of halogens is 4. The van der Waals surface area contributed by atoms with Gasteiger partial charge in [0.15, 0.2) is 0 Å². The van der Waals surface area contributed by atoms with E-state index in [0.29, 0.717) is 0 Å². The fourth-order valence-corrected chi connectivity index (χ4v) is 3.67. The van der Waals surface area contributed by atoms with Crippen LogP contribution in [0.3, 0.4) is 0 Å². The smallest absolute Gasteiger partial charge is 0.232 e. The first-order chi connectivity index (χ1) is 9.17. The van der Waals surface area contributed by atoms with Gasteiger partial charge in [-0.15, -0.1) is 0 Å². The molecule has 1 saturated heterocycles. The molecule has 1 aromatic carbocycles. The highest BCUT2D eigenvalue weighted by molar-refractivity contribution is 9.10. The van der Waals surface area contributed by atoms with Crippen molar-refractivity contribution in [2.24, 2.45) is 5.92 Å². The molecule has 1 heterocycles. The number of hydrogen-bond donors (Lipinski definition) is 0. The number of hydrogen-bond acceptors (Lipinski definition) is 3. The van der Waals surface area contributed by atoms with E-state index in [-0.39, 0.29) is 28.9 Å². The van der Waals surface area contributed by atoms with Crippen LogP contribution in [0.2, 0.25) is 0 Å². The zero-order chi connectivity index (χ0) is 15.1. The maximum absolute atomic E-state index is 13.4. The SMILES string of the molecule is O=C1CC(CS(=O)(=O)Cl)CN1c1cc(F)c(Br)c(F)c1. The van der Waals surface area contributed by atoms with Gasteiger partial charge >= 0.3 is 0 Å². The number of nitrogens with zero attached hydrogens (tertiary/aromatic N) is 1. The molecular weight excluding hydrogens is 380 g/mol. The molecule has 1 fully saturated rings. The number of benzene rings is 1. The lowest BCUT2D eigenvalue weighted by atomic mass is 10.1. The molecule has 1 aliphatic rings. The standard InChI is InChI=1S/C11H9BrClF2NO3S/c12-11-8(14)2-7(3-9(11)15)16-4-6(1-10(16)17)5-20(13,18)19/h2-3,6H,1,4-5H2. The first-order valence-electron chi connectivity index (χ1n) is 5.54. The van der Waals surface area contributed by atoms with E-state index < -0.39 is 32.5 Å². The van der Waals surface area contributed by atoms with Gasteiger partial charge in [0.1, 0.15) is 11.6 Å². The third kappa shape index (κ3) is 3.48. The Morgan fingerprint density at radius 1 is 1.35 bits per heavy atom. The van der Waals surface area contributed by atoms with Crippen molar-refractivity contribution in [2.45, 2.75) is 6.42 Å². The van der Waals surface area contributed by atoms with Crippen molar-refractivity contribution in [3.63, 3.8) is 0 Å². The topological polar surface area (TPSA) is 54.5 Å². The van der Waals surface area contributed by atoms with E-state index >= 15 is 0 Å². The molecule has 0 spiro atoms. The first kappa shape index (κ1) is 15.7. The van der Waals surface area contributed by atoms with Crippen molar-refractivity contribution in [3.05, 3.63) is 28.2 Å². The van der Waals surface area contributed by atoms with Gasteiger partial charge in [0.05, 0.1) is 10.2 Å². The van der Waals surface area contributed by atoms with E-state index in [2.05, 4.69) is 15.9 Å². The molecule has 110 valence electrons. The van der Waals surface area contributed by atoms with Crippen LogP contribution in [-0.2, 0) is 13.8 Å². The highest BCUT2D eigenvalue weighted by Crippen LogP contribution is 2.30. The quantitative estimate of drug-likeness (QED) is 0.591. The minimum absolute atomic E-state index is 0.0226. The molecule has 0 bridgehead atoms. The molecule has 0 radical (unpaired) electrons. The van der Waals surface area contributed by atoms with Crippen LogP contribution in [0.25, 0.3) is 0 Å². The Balaban J connectivity index is 2.24. The van der Waals surface area contributed by atoms with E-state index in [1.165, 1.54) is 0 Å². The summed E-state index contributed by atoms with van der Waals surface area (Å²) in [5.74, 6) is -2.89. The normalized spacial score (nSPS) is 19.7. The van der Waals surface area contributed by atoms with Crippen molar-refractivity contribution >= 4 is 47.3 Å². The number of anilines is 1. The van der Waals surface area contributed by atoms with Crippen molar-refractivity contribution in [1.82, 2.24) is 0 Å². The van der Waals surface area contributed by atoms with Crippen LogP contribution < -0.4 is 4.90 Å². The largest absolute Gasteiger partial charge is 0.312 e. The van der Waals surface area contributed by atoms with Gasteiger partial charge in [0.2, 0.25) is 15.0 Å². The molecule has 0 N–H and O–H groups in total. The van der Waals surface area contributed by atoms with Crippen molar-refractivity contribution < 1.29 is 22.0 Å². The molecule has 0 aliphatic carbocycles. The zero-order valence-electron chi connectivity index (χ0n) is 9.95. The summed E-state index contributed by atoms with van der Waals surface area (Å²) in [6.07, 6.45) is -0.0226. The summed E-state index contributed by atoms with van der Waals surface area (Å²) in [6.45, 7) is 0.0608. The van der Waals surface area contributed by atoms with Gasteiger partial charge in [0.25, 0.3) is 0 Å². The lowest BCUT2D eigenvalue weighted by molar-refractivity contribution is -0.117. The van der Waals surface area contributed by atoms with E-state index in [9.17, 15) is 22.0 Å². The number of carbonyl (C=O) groups is 1. The van der Waals surface area contributed by atoms with Crippen LogP contribution in [0.1, 0.15) is 6.42 Å². The van der Waals surface area contributed by atoms with E-state index in [4.69, 9.17) is 10.7 Å². The second-order valence-electron chi connectivity index (χ2n) is 4.50. The highest BCUT2D eigenvalue weighted by Gasteiger charge is 2.33. The first-order valence-corrected chi connectivity index (χ1v) is 8.82. The van der Waals surface area contributed by atoms with Crippen molar-refractivity contribution in [2.75, 3.05) is 17.2 Å². The highest BCUT2D eigenvalue weighted by atomic mass is 79.9. The zero-order valence-corrected chi connectivity index (χ0v) is 13.1. The predicted molar refractivity (Wildman–Crippen MR) is 74.2 cm³/mol. The average Bonchev–Trinajstić information content (AvgIpc) is 2.63. The fourth-order valence-electron chi connectivity index (χ4n) is 2.12. The second kappa shape index (κ2) is 5.57. The molecule has 4 nitrogen and oxygen atoms in total.